The lowest BCUT2D eigenvalue weighted by Gasteiger charge is -2.12. The van der Waals surface area contributed by atoms with E-state index >= 15 is 0 Å². The van der Waals surface area contributed by atoms with E-state index in [0.717, 1.165) is 33.4 Å². The minimum atomic E-state index is 0.567. The second-order valence-corrected chi connectivity index (χ2v) is 6.32. The summed E-state index contributed by atoms with van der Waals surface area (Å²) in [6.45, 7) is 4.01. The first-order valence-electron chi connectivity index (χ1n) is 7.66. The highest BCUT2D eigenvalue weighted by Gasteiger charge is 2.13. The Kier molecular flexibility index (Phi) is 5.18. The van der Waals surface area contributed by atoms with Crippen molar-refractivity contribution in [3.63, 3.8) is 0 Å². The Labute approximate surface area is 150 Å². The largest absolute Gasteiger partial charge is 0.496 e. The van der Waals surface area contributed by atoms with Gasteiger partial charge in [0.05, 0.1) is 31.8 Å². The molecule has 8 heteroatoms. The highest BCUT2D eigenvalue weighted by Crippen LogP contribution is 2.29. The summed E-state index contributed by atoms with van der Waals surface area (Å²) in [6, 6.07) is 3.72. The Bertz CT molecular complexity index is 864. The highest BCUT2D eigenvalue weighted by atomic mass is 32.2. The summed E-state index contributed by atoms with van der Waals surface area (Å²) >= 11 is 1.56. The van der Waals surface area contributed by atoms with Crippen LogP contribution in [0.25, 0.3) is 5.69 Å². The van der Waals surface area contributed by atoms with Crippen LogP contribution in [0, 0.1) is 13.8 Å². The van der Waals surface area contributed by atoms with Gasteiger partial charge in [-0.2, -0.15) is 0 Å². The number of ether oxygens (including phenoxy) is 2. The Morgan fingerprint density at radius 3 is 2.60 bits per heavy atom. The Balaban J connectivity index is 1.80. The Morgan fingerprint density at radius 2 is 1.92 bits per heavy atom. The molecule has 0 bridgehead atoms. The summed E-state index contributed by atoms with van der Waals surface area (Å²) < 4.78 is 12.4. The van der Waals surface area contributed by atoms with Gasteiger partial charge in [-0.1, -0.05) is 11.8 Å². The van der Waals surface area contributed by atoms with Crippen LogP contribution in [0.4, 0.5) is 0 Å². The van der Waals surface area contributed by atoms with Crippen molar-refractivity contribution in [3.05, 3.63) is 47.7 Å². The molecule has 7 nitrogen and oxygen atoms in total. The number of methoxy groups -OCH3 is 2. The SMILES string of the molecule is COc1ccc(-n2cnnc2SCc2ncc(C)c(OC)c2C)cn1. The van der Waals surface area contributed by atoms with Crippen molar-refractivity contribution in [2.75, 3.05) is 14.2 Å². The summed E-state index contributed by atoms with van der Waals surface area (Å²) in [5.41, 5.74) is 3.92. The van der Waals surface area contributed by atoms with E-state index < -0.39 is 0 Å². The fraction of sp³-hybridized carbons (Fsp3) is 0.294. The van der Waals surface area contributed by atoms with Gasteiger partial charge < -0.3 is 9.47 Å². The van der Waals surface area contributed by atoms with Crippen LogP contribution in [0.5, 0.6) is 11.6 Å². The van der Waals surface area contributed by atoms with Crippen LogP contribution in [0.2, 0.25) is 0 Å². The maximum Gasteiger partial charge on any atom is 0.213 e. The van der Waals surface area contributed by atoms with Crippen molar-refractivity contribution in [2.45, 2.75) is 24.8 Å². The minimum absolute atomic E-state index is 0.567. The third-order valence-corrected chi connectivity index (χ3v) is 4.77. The quantitative estimate of drug-likeness (QED) is 0.628. The first kappa shape index (κ1) is 17.2. The van der Waals surface area contributed by atoms with Gasteiger partial charge in [-0.25, -0.2) is 4.98 Å². The number of nitrogens with zero attached hydrogens (tertiary/aromatic N) is 5. The monoisotopic (exact) mass is 357 g/mol. The van der Waals surface area contributed by atoms with E-state index in [1.165, 1.54) is 0 Å². The first-order chi connectivity index (χ1) is 12.1. The standard InChI is InChI=1S/C17H19N5O2S/c1-11-7-18-14(12(2)16(11)24-4)9-25-17-21-20-10-22(17)13-5-6-15(23-3)19-8-13/h5-8,10H,9H2,1-4H3. The average molecular weight is 357 g/mol. The molecule has 0 radical (unpaired) electrons. The molecule has 0 aliphatic carbocycles. The van der Waals surface area contributed by atoms with E-state index in [-0.39, 0.29) is 0 Å². The summed E-state index contributed by atoms with van der Waals surface area (Å²) in [6.07, 6.45) is 5.23. The lowest BCUT2D eigenvalue weighted by molar-refractivity contribution is 0.397. The molecule has 0 aromatic carbocycles. The van der Waals surface area contributed by atoms with Crippen molar-refractivity contribution in [2.24, 2.45) is 0 Å². The molecule has 0 aliphatic rings. The van der Waals surface area contributed by atoms with Crippen LogP contribution < -0.4 is 9.47 Å². The molecule has 0 unspecified atom stereocenters. The van der Waals surface area contributed by atoms with Crippen molar-refractivity contribution < 1.29 is 9.47 Å². The molecule has 0 saturated heterocycles. The van der Waals surface area contributed by atoms with E-state index in [2.05, 4.69) is 20.2 Å². The number of hydrogen-bond donors (Lipinski definition) is 0. The molecule has 130 valence electrons. The summed E-state index contributed by atoms with van der Waals surface area (Å²) in [4.78, 5) is 8.75. The van der Waals surface area contributed by atoms with Crippen molar-refractivity contribution in [3.8, 4) is 17.3 Å². The molecule has 3 aromatic rings. The second-order valence-electron chi connectivity index (χ2n) is 5.38. The van der Waals surface area contributed by atoms with Gasteiger partial charge in [0.2, 0.25) is 5.88 Å². The number of thioether (sulfide) groups is 1. The van der Waals surface area contributed by atoms with Crippen LogP contribution in [-0.2, 0) is 5.75 Å². The smallest absolute Gasteiger partial charge is 0.213 e. The van der Waals surface area contributed by atoms with Crippen molar-refractivity contribution in [1.82, 2.24) is 24.7 Å². The van der Waals surface area contributed by atoms with Gasteiger partial charge in [-0.15, -0.1) is 10.2 Å². The summed E-state index contributed by atoms with van der Waals surface area (Å²) in [5.74, 6) is 2.12. The van der Waals surface area contributed by atoms with Gasteiger partial charge in [0.1, 0.15) is 12.1 Å². The maximum absolute atomic E-state index is 5.47. The maximum atomic E-state index is 5.47. The van der Waals surface area contributed by atoms with Crippen LogP contribution in [0.15, 0.2) is 36.0 Å². The molecule has 0 aliphatic heterocycles. The fourth-order valence-electron chi connectivity index (χ4n) is 2.49. The number of hydrogen-bond acceptors (Lipinski definition) is 7. The van der Waals surface area contributed by atoms with E-state index in [1.807, 2.05) is 30.7 Å². The normalized spacial score (nSPS) is 10.7. The molecule has 25 heavy (non-hydrogen) atoms. The lowest BCUT2D eigenvalue weighted by atomic mass is 10.1. The van der Waals surface area contributed by atoms with Crippen LogP contribution in [0.3, 0.4) is 0 Å². The van der Waals surface area contributed by atoms with E-state index in [0.29, 0.717) is 11.6 Å². The van der Waals surface area contributed by atoms with Gasteiger partial charge in [-0.3, -0.25) is 9.55 Å². The van der Waals surface area contributed by atoms with Crippen molar-refractivity contribution >= 4 is 11.8 Å². The zero-order chi connectivity index (χ0) is 17.8. The van der Waals surface area contributed by atoms with Gasteiger partial charge in [0.25, 0.3) is 0 Å². The van der Waals surface area contributed by atoms with Crippen molar-refractivity contribution in [1.29, 1.82) is 0 Å². The van der Waals surface area contributed by atoms with E-state index in [1.54, 1.807) is 44.6 Å². The van der Waals surface area contributed by atoms with Gasteiger partial charge in [0.15, 0.2) is 5.16 Å². The van der Waals surface area contributed by atoms with Crippen LogP contribution >= 0.6 is 11.8 Å². The number of aryl methyl sites for hydroxylation is 1. The molecule has 0 spiro atoms. The Morgan fingerprint density at radius 1 is 1.08 bits per heavy atom. The summed E-state index contributed by atoms with van der Waals surface area (Å²) in [5, 5.41) is 8.98. The van der Waals surface area contributed by atoms with Gasteiger partial charge >= 0.3 is 0 Å². The van der Waals surface area contributed by atoms with E-state index in [9.17, 15) is 0 Å². The zero-order valence-electron chi connectivity index (χ0n) is 14.6. The lowest BCUT2D eigenvalue weighted by Crippen LogP contribution is -2.00. The first-order valence-corrected chi connectivity index (χ1v) is 8.65. The molecule has 3 aromatic heterocycles. The second kappa shape index (κ2) is 7.52. The average Bonchev–Trinajstić information content (AvgIpc) is 3.10. The third kappa shape index (κ3) is 3.58. The molecular weight excluding hydrogens is 338 g/mol. The molecule has 0 fully saturated rings. The third-order valence-electron chi connectivity index (χ3n) is 3.81. The predicted molar refractivity (Wildman–Crippen MR) is 95.5 cm³/mol. The molecule has 3 rings (SSSR count). The molecule has 0 saturated carbocycles. The Hall–Kier alpha value is -2.61. The molecule has 3 heterocycles. The molecular formula is C17H19N5O2S. The van der Waals surface area contributed by atoms with Gasteiger partial charge in [0, 0.05) is 29.1 Å². The number of rotatable bonds is 6. The molecule has 0 atom stereocenters. The fourth-order valence-corrected chi connectivity index (χ4v) is 3.44. The number of aromatic nitrogens is 5. The number of pyridine rings is 2. The minimum Gasteiger partial charge on any atom is -0.496 e. The zero-order valence-corrected chi connectivity index (χ0v) is 15.4. The van der Waals surface area contributed by atoms with Gasteiger partial charge in [-0.05, 0) is 19.9 Å². The highest BCUT2D eigenvalue weighted by molar-refractivity contribution is 7.98. The molecule has 0 N–H and O–H groups in total. The van der Waals surface area contributed by atoms with E-state index in [4.69, 9.17) is 9.47 Å². The summed E-state index contributed by atoms with van der Waals surface area (Å²) in [7, 11) is 3.27. The van der Waals surface area contributed by atoms with Crippen LogP contribution in [0.1, 0.15) is 16.8 Å². The molecule has 0 amide bonds. The topological polar surface area (TPSA) is 75.0 Å². The van der Waals surface area contributed by atoms with Crippen LogP contribution in [-0.4, -0.2) is 39.0 Å². The predicted octanol–water partition coefficient (Wildman–Crippen LogP) is 2.98.